The molecule has 0 fully saturated rings. The van der Waals surface area contributed by atoms with Crippen LogP contribution in [0.15, 0.2) is 12.2 Å². The lowest BCUT2D eigenvalue weighted by Crippen LogP contribution is -2.37. The van der Waals surface area contributed by atoms with Crippen molar-refractivity contribution in [2.45, 2.75) is 128 Å². The number of amides is 2. The molecule has 0 bridgehead atoms. The molecule has 0 aliphatic heterocycles. The highest BCUT2D eigenvalue weighted by Crippen LogP contribution is 2.19. The van der Waals surface area contributed by atoms with E-state index in [0.717, 1.165) is 45.1 Å². The number of allylic oxidation sites excluding steroid dienone is 2. The number of carbonyl (C=O) groups is 2. The molecule has 0 aromatic heterocycles. The van der Waals surface area contributed by atoms with Gasteiger partial charge in [0.05, 0.1) is 0 Å². The van der Waals surface area contributed by atoms with Crippen molar-refractivity contribution in [3.05, 3.63) is 12.2 Å². The summed E-state index contributed by atoms with van der Waals surface area (Å²) >= 11 is 0. The predicted molar refractivity (Wildman–Crippen MR) is 148 cm³/mol. The maximum atomic E-state index is 12.4. The lowest BCUT2D eigenvalue weighted by molar-refractivity contribution is -0.173. The topological polar surface area (TPSA) is 70.2 Å². The van der Waals surface area contributed by atoms with Gasteiger partial charge in [0, 0.05) is 13.1 Å². The van der Waals surface area contributed by atoms with Crippen LogP contribution in [0.5, 0.6) is 0 Å². The van der Waals surface area contributed by atoms with E-state index in [-0.39, 0.29) is 19.0 Å². The van der Waals surface area contributed by atoms with Crippen molar-refractivity contribution >= 4 is 11.8 Å². The zero-order valence-electron chi connectivity index (χ0n) is 24.2. The molecule has 0 aliphatic rings. The quantitative estimate of drug-likeness (QED) is 0.0581. The Morgan fingerprint density at radius 3 is 1.65 bits per heavy atom. The molecule has 0 saturated heterocycles. The van der Waals surface area contributed by atoms with E-state index in [2.05, 4.69) is 24.4 Å². The van der Waals surface area contributed by atoms with E-state index in [0.29, 0.717) is 38.6 Å². The van der Waals surface area contributed by atoms with Crippen LogP contribution in [0.4, 0.5) is 26.3 Å². The molecule has 1 unspecified atom stereocenters. The van der Waals surface area contributed by atoms with Gasteiger partial charge in [-0.05, 0) is 70.4 Å². The Balaban J connectivity index is 4.05. The molecule has 0 saturated carbocycles. The van der Waals surface area contributed by atoms with Gasteiger partial charge in [0.15, 0.2) is 0 Å². The molecule has 2 amide bonds. The lowest BCUT2D eigenvalue weighted by atomic mass is 9.94. The number of halogens is 6. The Kier molecular flexibility index (Phi) is 22.8. The van der Waals surface area contributed by atoms with Crippen molar-refractivity contribution in [2.75, 3.05) is 26.2 Å². The van der Waals surface area contributed by atoms with Gasteiger partial charge in [-0.1, -0.05) is 76.9 Å². The fraction of sp³-hybridized carbons (Fsp3) is 0.862. The van der Waals surface area contributed by atoms with E-state index in [9.17, 15) is 35.9 Å². The SMILES string of the molecule is CCCCCCCC/C=C\CCCCCNCCC(CCCCCNC(=O)C(F)(F)F)CCNC(=O)C(F)(F)F. The lowest BCUT2D eigenvalue weighted by Gasteiger charge is -2.18. The van der Waals surface area contributed by atoms with Crippen LogP contribution in [0.3, 0.4) is 0 Å². The third kappa shape index (κ3) is 24.1. The Morgan fingerprint density at radius 1 is 0.575 bits per heavy atom. The van der Waals surface area contributed by atoms with E-state index >= 15 is 0 Å². The van der Waals surface area contributed by atoms with E-state index in [1.54, 1.807) is 0 Å². The number of alkyl halides is 6. The van der Waals surface area contributed by atoms with Crippen LogP contribution in [-0.4, -0.2) is 50.3 Å². The average molecular weight is 588 g/mol. The predicted octanol–water partition coefficient (Wildman–Crippen LogP) is 7.76. The van der Waals surface area contributed by atoms with Gasteiger partial charge in [-0.15, -0.1) is 0 Å². The second kappa shape index (κ2) is 23.9. The summed E-state index contributed by atoms with van der Waals surface area (Å²) in [5.74, 6) is -3.85. The number of hydrogen-bond acceptors (Lipinski definition) is 3. The van der Waals surface area contributed by atoms with E-state index < -0.39 is 24.2 Å². The van der Waals surface area contributed by atoms with E-state index in [4.69, 9.17) is 0 Å². The van der Waals surface area contributed by atoms with Gasteiger partial charge in [0.2, 0.25) is 0 Å². The minimum Gasteiger partial charge on any atom is -0.348 e. The molecule has 0 aliphatic carbocycles. The Labute approximate surface area is 236 Å². The van der Waals surface area contributed by atoms with Gasteiger partial charge in [-0.3, -0.25) is 9.59 Å². The van der Waals surface area contributed by atoms with Gasteiger partial charge in [-0.25, -0.2) is 0 Å². The molecule has 0 radical (unpaired) electrons. The zero-order valence-corrected chi connectivity index (χ0v) is 24.2. The summed E-state index contributed by atoms with van der Waals surface area (Å²) in [5.41, 5.74) is 0. The van der Waals surface area contributed by atoms with Crippen LogP contribution < -0.4 is 16.0 Å². The molecule has 0 aromatic carbocycles. The van der Waals surface area contributed by atoms with Crippen molar-refractivity contribution in [3.63, 3.8) is 0 Å². The number of rotatable bonds is 25. The highest BCUT2D eigenvalue weighted by molar-refractivity contribution is 5.81. The minimum absolute atomic E-state index is 0.0718. The summed E-state index contributed by atoms with van der Waals surface area (Å²) in [5, 5.41) is 7.10. The first kappa shape index (κ1) is 38.2. The molecular formula is C29H51F6N3O2. The van der Waals surface area contributed by atoms with Crippen molar-refractivity contribution < 1.29 is 35.9 Å². The van der Waals surface area contributed by atoms with Crippen LogP contribution in [0, 0.1) is 5.92 Å². The Hall–Kier alpha value is -1.78. The summed E-state index contributed by atoms with van der Waals surface area (Å²) in [6, 6.07) is 0. The molecule has 236 valence electrons. The average Bonchev–Trinajstić information content (AvgIpc) is 2.88. The second-order valence-electron chi connectivity index (χ2n) is 10.4. The maximum absolute atomic E-state index is 12.4. The van der Waals surface area contributed by atoms with Crippen molar-refractivity contribution in [3.8, 4) is 0 Å². The summed E-state index contributed by atoms with van der Waals surface area (Å²) in [6.45, 7) is 3.62. The summed E-state index contributed by atoms with van der Waals surface area (Å²) in [7, 11) is 0. The first-order valence-electron chi connectivity index (χ1n) is 15.0. The van der Waals surface area contributed by atoms with Crippen LogP contribution in [0.1, 0.15) is 116 Å². The van der Waals surface area contributed by atoms with Crippen LogP contribution in [0.25, 0.3) is 0 Å². The van der Waals surface area contributed by atoms with Crippen LogP contribution in [0.2, 0.25) is 0 Å². The zero-order chi connectivity index (χ0) is 30.1. The maximum Gasteiger partial charge on any atom is 0.471 e. The largest absolute Gasteiger partial charge is 0.471 e. The monoisotopic (exact) mass is 587 g/mol. The Bertz CT molecular complexity index is 669. The van der Waals surface area contributed by atoms with Gasteiger partial charge < -0.3 is 16.0 Å². The second-order valence-corrected chi connectivity index (χ2v) is 10.4. The molecule has 0 rings (SSSR count). The number of carbonyl (C=O) groups excluding carboxylic acids is 2. The fourth-order valence-corrected chi connectivity index (χ4v) is 4.36. The normalized spacial score (nSPS) is 13.1. The standard InChI is InChI=1S/C29H51F6N3O2/c1-2-3-4-5-6-7-8-9-10-11-12-13-16-21-36-23-19-25(20-24-38-27(40)29(33,34)35)18-15-14-17-22-37-26(39)28(30,31)32/h9-10,25,36H,2-8,11-24H2,1H3,(H,37,39)(H,38,40)/b10-9-. The van der Waals surface area contributed by atoms with E-state index in [1.807, 2.05) is 10.6 Å². The van der Waals surface area contributed by atoms with Gasteiger partial charge >= 0.3 is 24.2 Å². The third-order valence-corrected chi connectivity index (χ3v) is 6.77. The van der Waals surface area contributed by atoms with Gasteiger partial charge in [0.25, 0.3) is 0 Å². The van der Waals surface area contributed by atoms with E-state index in [1.165, 1.54) is 38.5 Å². The van der Waals surface area contributed by atoms with Crippen LogP contribution >= 0.6 is 0 Å². The smallest absolute Gasteiger partial charge is 0.348 e. The highest BCUT2D eigenvalue weighted by Gasteiger charge is 2.38. The molecule has 1 atom stereocenters. The molecule has 11 heteroatoms. The first-order chi connectivity index (χ1) is 19.0. The number of unbranched alkanes of at least 4 members (excludes halogenated alkanes) is 11. The summed E-state index contributed by atoms with van der Waals surface area (Å²) < 4.78 is 73.8. The fourth-order valence-electron chi connectivity index (χ4n) is 4.36. The number of hydrogen-bond donors (Lipinski definition) is 3. The minimum atomic E-state index is -4.92. The van der Waals surface area contributed by atoms with Crippen LogP contribution in [-0.2, 0) is 9.59 Å². The van der Waals surface area contributed by atoms with Crippen molar-refractivity contribution in [2.24, 2.45) is 5.92 Å². The van der Waals surface area contributed by atoms with Crippen molar-refractivity contribution in [1.29, 1.82) is 0 Å². The van der Waals surface area contributed by atoms with Gasteiger partial charge in [-0.2, -0.15) is 26.3 Å². The Morgan fingerprint density at radius 2 is 1.05 bits per heavy atom. The molecule has 0 aromatic rings. The third-order valence-electron chi connectivity index (χ3n) is 6.77. The summed E-state index contributed by atoms with van der Waals surface area (Å²) in [6.07, 6.45) is 11.6. The summed E-state index contributed by atoms with van der Waals surface area (Å²) in [4.78, 5) is 21.9. The van der Waals surface area contributed by atoms with Gasteiger partial charge in [0.1, 0.15) is 0 Å². The molecular weight excluding hydrogens is 536 g/mol. The molecule has 3 N–H and O–H groups in total. The molecule has 0 spiro atoms. The molecule has 40 heavy (non-hydrogen) atoms. The highest BCUT2D eigenvalue weighted by atomic mass is 19.4. The number of nitrogens with one attached hydrogen (secondary N) is 3. The van der Waals surface area contributed by atoms with Crippen molar-refractivity contribution in [1.82, 2.24) is 16.0 Å². The molecule has 0 heterocycles. The first-order valence-corrected chi connectivity index (χ1v) is 15.0. The molecule has 5 nitrogen and oxygen atoms in total.